The van der Waals surface area contributed by atoms with Gasteiger partial charge in [0.15, 0.2) is 0 Å². The number of H-pyrrole nitrogens is 2. The second-order valence-electron chi connectivity index (χ2n) is 3.45. The third-order valence-corrected chi connectivity index (χ3v) is 2.48. The molecule has 0 spiro atoms. The summed E-state index contributed by atoms with van der Waals surface area (Å²) in [6, 6.07) is 9.97. The van der Waals surface area contributed by atoms with Crippen molar-refractivity contribution in [2.45, 2.75) is 0 Å². The average molecular weight is 198 g/mol. The number of anilines is 1. The van der Waals surface area contributed by atoms with Crippen molar-refractivity contribution in [3.8, 4) is 11.3 Å². The van der Waals surface area contributed by atoms with Crippen LogP contribution in [0.25, 0.3) is 22.2 Å². The first-order valence-corrected chi connectivity index (χ1v) is 4.72. The molecule has 0 bridgehead atoms. The number of hydrogen-bond acceptors (Lipinski definition) is 2. The van der Waals surface area contributed by atoms with Gasteiger partial charge >= 0.3 is 0 Å². The van der Waals surface area contributed by atoms with E-state index in [1.807, 2.05) is 36.5 Å². The fourth-order valence-corrected chi connectivity index (χ4v) is 1.80. The number of nitrogens with two attached hydrogens (primary N) is 1. The first-order chi connectivity index (χ1) is 7.34. The lowest BCUT2D eigenvalue weighted by molar-refractivity contribution is 1.10. The SMILES string of the molecule is Nc1cc(-c2cccc3[nH]ccc23)[nH]n1. The summed E-state index contributed by atoms with van der Waals surface area (Å²) in [7, 11) is 0. The quantitative estimate of drug-likeness (QED) is 0.560. The van der Waals surface area contributed by atoms with E-state index in [1.165, 1.54) is 5.39 Å². The maximum Gasteiger partial charge on any atom is 0.145 e. The first-order valence-electron chi connectivity index (χ1n) is 4.72. The highest BCUT2D eigenvalue weighted by Gasteiger charge is 2.06. The van der Waals surface area contributed by atoms with Gasteiger partial charge in [-0.2, -0.15) is 5.10 Å². The summed E-state index contributed by atoms with van der Waals surface area (Å²) in [6.07, 6.45) is 1.92. The van der Waals surface area contributed by atoms with Crippen LogP contribution in [0.2, 0.25) is 0 Å². The van der Waals surface area contributed by atoms with Gasteiger partial charge in [0.1, 0.15) is 5.82 Å². The molecule has 2 heterocycles. The van der Waals surface area contributed by atoms with E-state index in [0.717, 1.165) is 16.8 Å². The van der Waals surface area contributed by atoms with Crippen LogP contribution in [0, 0.1) is 0 Å². The van der Waals surface area contributed by atoms with Gasteiger partial charge < -0.3 is 10.7 Å². The minimum absolute atomic E-state index is 0.512. The Hall–Kier alpha value is -2.23. The predicted molar refractivity (Wildman–Crippen MR) is 60.3 cm³/mol. The van der Waals surface area contributed by atoms with E-state index >= 15 is 0 Å². The lowest BCUT2D eigenvalue weighted by Gasteiger charge is -1.98. The molecule has 3 rings (SSSR count). The average Bonchev–Trinajstić information content (AvgIpc) is 2.84. The maximum atomic E-state index is 5.59. The number of nitrogen functional groups attached to an aromatic ring is 1. The van der Waals surface area contributed by atoms with E-state index in [-0.39, 0.29) is 0 Å². The Bertz CT molecular complexity index is 606. The maximum absolute atomic E-state index is 5.59. The molecule has 0 aliphatic heterocycles. The number of aromatic nitrogens is 3. The third-order valence-electron chi connectivity index (χ3n) is 2.48. The molecule has 0 saturated carbocycles. The van der Waals surface area contributed by atoms with Gasteiger partial charge in [0.05, 0.1) is 5.69 Å². The molecule has 4 nitrogen and oxygen atoms in total. The van der Waals surface area contributed by atoms with Crippen LogP contribution >= 0.6 is 0 Å². The fourth-order valence-electron chi connectivity index (χ4n) is 1.80. The monoisotopic (exact) mass is 198 g/mol. The molecule has 0 unspecified atom stereocenters. The largest absolute Gasteiger partial charge is 0.382 e. The molecule has 0 aliphatic carbocycles. The van der Waals surface area contributed by atoms with Crippen molar-refractivity contribution in [2.75, 3.05) is 5.73 Å². The van der Waals surface area contributed by atoms with Crippen LogP contribution < -0.4 is 5.73 Å². The molecule has 0 radical (unpaired) electrons. The van der Waals surface area contributed by atoms with Crippen LogP contribution in [-0.4, -0.2) is 15.2 Å². The number of aromatic amines is 2. The van der Waals surface area contributed by atoms with Crippen LogP contribution in [0.15, 0.2) is 36.5 Å². The number of fused-ring (bicyclic) bond motifs is 1. The fraction of sp³-hybridized carbons (Fsp3) is 0. The Balaban J connectivity index is 2.30. The van der Waals surface area contributed by atoms with Crippen molar-refractivity contribution < 1.29 is 0 Å². The van der Waals surface area contributed by atoms with E-state index in [9.17, 15) is 0 Å². The van der Waals surface area contributed by atoms with Crippen LogP contribution in [0.4, 0.5) is 5.82 Å². The van der Waals surface area contributed by atoms with Crippen molar-refractivity contribution in [1.82, 2.24) is 15.2 Å². The number of nitrogens with one attached hydrogen (secondary N) is 2. The molecule has 15 heavy (non-hydrogen) atoms. The van der Waals surface area contributed by atoms with Gasteiger partial charge in [-0.3, -0.25) is 5.10 Å². The van der Waals surface area contributed by atoms with Gasteiger partial charge in [0.2, 0.25) is 0 Å². The molecule has 0 aliphatic rings. The Kier molecular flexibility index (Phi) is 1.56. The summed E-state index contributed by atoms with van der Waals surface area (Å²) in [5, 5.41) is 8.01. The topological polar surface area (TPSA) is 70.5 Å². The molecule has 0 saturated heterocycles. The molecule has 3 aromatic rings. The molecule has 0 atom stereocenters. The van der Waals surface area contributed by atoms with Crippen LogP contribution in [0.1, 0.15) is 0 Å². The molecule has 2 aromatic heterocycles. The summed E-state index contributed by atoms with van der Waals surface area (Å²) in [4.78, 5) is 3.17. The molecule has 1 aromatic carbocycles. The molecule has 74 valence electrons. The van der Waals surface area contributed by atoms with E-state index in [4.69, 9.17) is 5.73 Å². The Morgan fingerprint density at radius 1 is 1.20 bits per heavy atom. The summed E-state index contributed by atoms with van der Waals surface area (Å²) in [6.45, 7) is 0. The van der Waals surface area contributed by atoms with E-state index in [0.29, 0.717) is 5.82 Å². The summed E-state index contributed by atoms with van der Waals surface area (Å²) < 4.78 is 0. The normalized spacial score (nSPS) is 10.9. The van der Waals surface area contributed by atoms with Gasteiger partial charge in [-0.15, -0.1) is 0 Å². The molecule has 4 N–H and O–H groups in total. The van der Waals surface area contributed by atoms with E-state index in [1.54, 1.807) is 0 Å². The molecule has 4 heteroatoms. The van der Waals surface area contributed by atoms with Crippen molar-refractivity contribution in [3.05, 3.63) is 36.5 Å². The van der Waals surface area contributed by atoms with Gasteiger partial charge in [-0.05, 0) is 12.1 Å². The van der Waals surface area contributed by atoms with E-state index < -0.39 is 0 Å². The number of rotatable bonds is 1. The second-order valence-corrected chi connectivity index (χ2v) is 3.45. The first kappa shape index (κ1) is 8.11. The van der Waals surface area contributed by atoms with Gasteiger partial charge in [-0.1, -0.05) is 12.1 Å². The molecule has 0 amide bonds. The van der Waals surface area contributed by atoms with Gasteiger partial charge in [0.25, 0.3) is 0 Å². The highest BCUT2D eigenvalue weighted by atomic mass is 15.2. The van der Waals surface area contributed by atoms with Crippen LogP contribution in [-0.2, 0) is 0 Å². The zero-order valence-corrected chi connectivity index (χ0v) is 7.99. The highest BCUT2D eigenvalue weighted by molar-refractivity contribution is 5.94. The minimum Gasteiger partial charge on any atom is -0.382 e. The smallest absolute Gasteiger partial charge is 0.145 e. The van der Waals surface area contributed by atoms with Crippen LogP contribution in [0.5, 0.6) is 0 Å². The van der Waals surface area contributed by atoms with Crippen molar-refractivity contribution in [1.29, 1.82) is 0 Å². The van der Waals surface area contributed by atoms with Crippen LogP contribution in [0.3, 0.4) is 0 Å². The Morgan fingerprint density at radius 2 is 2.13 bits per heavy atom. The second kappa shape index (κ2) is 2.88. The zero-order chi connectivity index (χ0) is 10.3. The van der Waals surface area contributed by atoms with E-state index in [2.05, 4.69) is 15.2 Å². The van der Waals surface area contributed by atoms with Gasteiger partial charge in [0, 0.05) is 28.7 Å². The highest BCUT2D eigenvalue weighted by Crippen LogP contribution is 2.27. The van der Waals surface area contributed by atoms with Crippen molar-refractivity contribution in [2.24, 2.45) is 0 Å². The minimum atomic E-state index is 0.512. The molecule has 0 fully saturated rings. The number of nitrogens with zero attached hydrogens (tertiary/aromatic N) is 1. The number of benzene rings is 1. The summed E-state index contributed by atoms with van der Waals surface area (Å²) >= 11 is 0. The summed E-state index contributed by atoms with van der Waals surface area (Å²) in [5.74, 6) is 0.512. The lowest BCUT2D eigenvalue weighted by atomic mass is 10.1. The third kappa shape index (κ3) is 1.19. The van der Waals surface area contributed by atoms with Gasteiger partial charge in [-0.25, -0.2) is 0 Å². The number of hydrogen-bond donors (Lipinski definition) is 3. The zero-order valence-electron chi connectivity index (χ0n) is 7.99. The lowest BCUT2D eigenvalue weighted by Crippen LogP contribution is -1.81. The predicted octanol–water partition coefficient (Wildman–Crippen LogP) is 2.14. The molecular formula is C11H10N4. The Labute approximate surface area is 86.1 Å². The Morgan fingerprint density at radius 3 is 2.93 bits per heavy atom. The molecular weight excluding hydrogens is 188 g/mol. The van der Waals surface area contributed by atoms with Crippen molar-refractivity contribution in [3.63, 3.8) is 0 Å². The van der Waals surface area contributed by atoms with Crippen molar-refractivity contribution >= 4 is 16.7 Å². The standard InChI is InChI=1S/C11H10N4/c12-11-6-10(14-15-11)7-2-1-3-9-8(7)4-5-13-9/h1-6,13H,(H3,12,14,15). The summed E-state index contributed by atoms with van der Waals surface area (Å²) in [5.41, 5.74) is 8.75.